The van der Waals surface area contributed by atoms with E-state index in [0.29, 0.717) is 23.3 Å². The van der Waals surface area contributed by atoms with Gasteiger partial charge in [-0.05, 0) is 54.9 Å². The predicted molar refractivity (Wildman–Crippen MR) is 117 cm³/mol. The molecular formula is C23H28N2O2S. The van der Waals surface area contributed by atoms with Gasteiger partial charge in [0.05, 0.1) is 6.61 Å². The second-order valence-corrected chi connectivity index (χ2v) is 7.66. The first-order valence-corrected chi connectivity index (χ1v) is 10.4. The van der Waals surface area contributed by atoms with Gasteiger partial charge in [-0.15, -0.1) is 0 Å². The van der Waals surface area contributed by atoms with E-state index in [1.165, 1.54) is 24.8 Å². The van der Waals surface area contributed by atoms with Crippen LogP contribution < -0.4 is 10.1 Å². The molecule has 1 aliphatic rings. The van der Waals surface area contributed by atoms with Crippen molar-refractivity contribution in [1.29, 1.82) is 0 Å². The van der Waals surface area contributed by atoms with Crippen molar-refractivity contribution in [2.24, 2.45) is 0 Å². The molecule has 0 spiro atoms. The second kappa shape index (κ2) is 10.2. The van der Waals surface area contributed by atoms with Gasteiger partial charge in [-0.25, -0.2) is 0 Å². The highest BCUT2D eigenvalue weighted by Gasteiger charge is 2.21. The van der Waals surface area contributed by atoms with Crippen molar-refractivity contribution in [2.45, 2.75) is 44.6 Å². The van der Waals surface area contributed by atoms with E-state index in [1.54, 1.807) is 12.1 Å². The van der Waals surface area contributed by atoms with Gasteiger partial charge in [0.15, 0.2) is 5.11 Å². The van der Waals surface area contributed by atoms with Crippen LogP contribution in [0, 0.1) is 0 Å². The zero-order valence-corrected chi connectivity index (χ0v) is 17.2. The van der Waals surface area contributed by atoms with Gasteiger partial charge in [-0.2, -0.15) is 0 Å². The number of nitrogens with one attached hydrogen (secondary N) is 1. The van der Waals surface area contributed by atoms with Gasteiger partial charge in [0.1, 0.15) is 5.75 Å². The zero-order chi connectivity index (χ0) is 19.8. The Morgan fingerprint density at radius 1 is 1.07 bits per heavy atom. The van der Waals surface area contributed by atoms with E-state index in [-0.39, 0.29) is 5.91 Å². The number of ether oxygens (including phenoxy) is 1. The molecule has 3 rings (SSSR count). The van der Waals surface area contributed by atoms with E-state index in [4.69, 9.17) is 17.0 Å². The molecule has 1 aliphatic carbocycles. The molecule has 2 aromatic rings. The minimum Gasteiger partial charge on any atom is -0.493 e. The fourth-order valence-corrected chi connectivity index (χ4v) is 3.77. The first-order valence-electron chi connectivity index (χ1n) is 9.98. The van der Waals surface area contributed by atoms with Crippen LogP contribution in [0.3, 0.4) is 0 Å². The summed E-state index contributed by atoms with van der Waals surface area (Å²) >= 11 is 5.43. The van der Waals surface area contributed by atoms with Gasteiger partial charge in [0, 0.05) is 25.1 Å². The van der Waals surface area contributed by atoms with Crippen LogP contribution in [0.4, 0.5) is 0 Å². The number of hydrogen-bond acceptors (Lipinski definition) is 3. The van der Waals surface area contributed by atoms with Crippen LogP contribution >= 0.6 is 12.2 Å². The van der Waals surface area contributed by atoms with Crippen LogP contribution in [0.25, 0.3) is 0 Å². The molecule has 0 atom stereocenters. The van der Waals surface area contributed by atoms with Crippen LogP contribution in [-0.2, 0) is 6.42 Å². The van der Waals surface area contributed by atoms with Crippen molar-refractivity contribution in [2.75, 3.05) is 13.7 Å². The van der Waals surface area contributed by atoms with Gasteiger partial charge in [0.25, 0.3) is 5.91 Å². The largest absolute Gasteiger partial charge is 0.493 e. The van der Waals surface area contributed by atoms with Crippen LogP contribution in [0.5, 0.6) is 5.75 Å². The summed E-state index contributed by atoms with van der Waals surface area (Å²) in [6.45, 7) is 0.603. The first kappa shape index (κ1) is 20.3. The normalized spacial score (nSPS) is 14.3. The van der Waals surface area contributed by atoms with Crippen molar-refractivity contribution < 1.29 is 9.53 Å². The van der Waals surface area contributed by atoms with Crippen molar-refractivity contribution in [3.05, 3.63) is 65.7 Å². The van der Waals surface area contributed by atoms with Crippen LogP contribution in [0.15, 0.2) is 54.6 Å². The smallest absolute Gasteiger partial charge is 0.257 e. The topological polar surface area (TPSA) is 41.6 Å². The van der Waals surface area contributed by atoms with E-state index in [2.05, 4.69) is 17.4 Å². The van der Waals surface area contributed by atoms with Gasteiger partial charge >= 0.3 is 0 Å². The number of thiocarbonyl (C=S) groups is 1. The van der Waals surface area contributed by atoms with Crippen molar-refractivity contribution in [1.82, 2.24) is 10.2 Å². The molecule has 0 aromatic heterocycles. The Morgan fingerprint density at radius 3 is 2.43 bits per heavy atom. The molecule has 4 nitrogen and oxygen atoms in total. The lowest BCUT2D eigenvalue weighted by Crippen LogP contribution is -2.46. The third kappa shape index (κ3) is 5.80. The standard InChI is InChI=1S/C23H28N2O2S/c1-25(20-10-6-3-7-11-20)23(28)24-22(26)19-12-14-21(15-13-19)27-17-16-18-8-4-2-5-9-18/h2,4-5,8-9,12-15,20H,3,6-7,10-11,16-17H2,1H3,(H,24,26,28). The number of carbonyl (C=O) groups is 1. The van der Waals surface area contributed by atoms with Gasteiger partial charge in [-0.3, -0.25) is 10.1 Å². The summed E-state index contributed by atoms with van der Waals surface area (Å²) in [7, 11) is 1.97. The summed E-state index contributed by atoms with van der Waals surface area (Å²) in [4.78, 5) is 14.5. The second-order valence-electron chi connectivity index (χ2n) is 7.27. The Morgan fingerprint density at radius 2 is 1.75 bits per heavy atom. The highest BCUT2D eigenvalue weighted by atomic mass is 32.1. The summed E-state index contributed by atoms with van der Waals surface area (Å²) in [6.07, 6.45) is 6.89. The zero-order valence-electron chi connectivity index (χ0n) is 16.4. The molecule has 1 fully saturated rings. The average molecular weight is 397 g/mol. The van der Waals surface area contributed by atoms with Crippen molar-refractivity contribution in [3.8, 4) is 5.75 Å². The monoisotopic (exact) mass is 396 g/mol. The fraction of sp³-hybridized carbons (Fsp3) is 0.391. The third-order valence-corrected chi connectivity index (χ3v) is 5.67. The van der Waals surface area contributed by atoms with Gasteiger partial charge < -0.3 is 9.64 Å². The van der Waals surface area contributed by atoms with E-state index < -0.39 is 0 Å². The molecule has 0 radical (unpaired) electrons. The first-order chi connectivity index (χ1) is 13.6. The van der Waals surface area contributed by atoms with Gasteiger partial charge in [-0.1, -0.05) is 49.6 Å². The quantitative estimate of drug-likeness (QED) is 0.726. The minimum absolute atomic E-state index is 0.177. The molecule has 148 valence electrons. The molecule has 0 saturated heterocycles. The van der Waals surface area contributed by atoms with E-state index >= 15 is 0 Å². The molecule has 0 bridgehead atoms. The number of rotatable bonds is 6. The van der Waals surface area contributed by atoms with Crippen molar-refractivity contribution in [3.63, 3.8) is 0 Å². The molecule has 5 heteroatoms. The number of amides is 1. The Kier molecular flexibility index (Phi) is 7.43. The van der Waals surface area contributed by atoms with Gasteiger partial charge in [0.2, 0.25) is 0 Å². The van der Waals surface area contributed by atoms with E-state index in [0.717, 1.165) is 25.0 Å². The SMILES string of the molecule is CN(C(=S)NC(=O)c1ccc(OCCc2ccccc2)cc1)C1CCCCC1. The molecular weight excluding hydrogens is 368 g/mol. The summed E-state index contributed by atoms with van der Waals surface area (Å²) in [5.41, 5.74) is 1.82. The summed E-state index contributed by atoms with van der Waals surface area (Å²) in [5, 5.41) is 3.36. The molecule has 1 amide bonds. The fourth-order valence-electron chi connectivity index (χ4n) is 3.53. The molecule has 1 saturated carbocycles. The third-order valence-electron chi connectivity index (χ3n) is 5.28. The summed E-state index contributed by atoms with van der Waals surface area (Å²) in [5.74, 6) is 0.581. The highest BCUT2D eigenvalue weighted by molar-refractivity contribution is 7.80. The maximum atomic E-state index is 12.5. The number of hydrogen-bond donors (Lipinski definition) is 1. The lowest BCUT2D eigenvalue weighted by molar-refractivity contribution is 0.0972. The minimum atomic E-state index is -0.177. The van der Waals surface area contributed by atoms with E-state index in [9.17, 15) is 4.79 Å². The lowest BCUT2D eigenvalue weighted by Gasteiger charge is -2.32. The predicted octanol–water partition coefficient (Wildman–Crippen LogP) is 4.59. The number of nitrogens with zero attached hydrogens (tertiary/aromatic N) is 1. The number of carbonyl (C=O) groups excluding carboxylic acids is 1. The van der Waals surface area contributed by atoms with E-state index in [1.807, 2.05) is 42.3 Å². The Bertz CT molecular complexity index is 771. The molecule has 28 heavy (non-hydrogen) atoms. The summed E-state index contributed by atoms with van der Waals surface area (Å²) < 4.78 is 5.78. The molecule has 1 N–H and O–H groups in total. The summed E-state index contributed by atoms with van der Waals surface area (Å²) in [6, 6.07) is 17.9. The average Bonchev–Trinajstić information content (AvgIpc) is 2.75. The Hall–Kier alpha value is -2.40. The molecule has 0 aliphatic heterocycles. The van der Waals surface area contributed by atoms with Crippen LogP contribution in [0.1, 0.15) is 48.0 Å². The molecule has 0 heterocycles. The van der Waals surface area contributed by atoms with Crippen molar-refractivity contribution >= 4 is 23.2 Å². The molecule has 0 unspecified atom stereocenters. The van der Waals surface area contributed by atoms with Crippen LogP contribution in [-0.4, -0.2) is 35.6 Å². The lowest BCUT2D eigenvalue weighted by atomic mass is 9.95. The maximum absolute atomic E-state index is 12.5. The van der Waals surface area contributed by atoms with Crippen LogP contribution in [0.2, 0.25) is 0 Å². The Balaban J connectivity index is 1.47. The Labute approximate surface area is 172 Å². The number of benzene rings is 2. The maximum Gasteiger partial charge on any atom is 0.257 e. The highest BCUT2D eigenvalue weighted by Crippen LogP contribution is 2.21. The molecule has 2 aromatic carbocycles.